The molecule has 0 bridgehead atoms. The maximum atomic E-state index is 12.8. The second-order valence-electron chi connectivity index (χ2n) is 7.07. The van der Waals surface area contributed by atoms with Gasteiger partial charge < -0.3 is 16.4 Å². The summed E-state index contributed by atoms with van der Waals surface area (Å²) in [6, 6.07) is 0.123. The van der Waals surface area contributed by atoms with Gasteiger partial charge in [0.1, 0.15) is 0 Å². The topological polar surface area (TPSA) is 85.0 Å². The highest BCUT2D eigenvalue weighted by Gasteiger charge is 2.36. The maximum absolute atomic E-state index is 12.8. The van der Waals surface area contributed by atoms with Gasteiger partial charge in [0.05, 0.1) is 12.1 Å². The minimum atomic E-state index is -0.0307. The number of amides is 1. The Balaban J connectivity index is 1.63. The number of carbonyl (C=O) groups is 1. The molecule has 3 rings (SSSR count). The van der Waals surface area contributed by atoms with E-state index in [1.807, 2.05) is 19.4 Å². The Morgan fingerprint density at radius 1 is 1.43 bits per heavy atom. The van der Waals surface area contributed by atoms with Gasteiger partial charge in [-0.1, -0.05) is 19.3 Å². The summed E-state index contributed by atoms with van der Waals surface area (Å²) in [5, 5.41) is 10.8. The van der Waals surface area contributed by atoms with Gasteiger partial charge in [0.15, 0.2) is 0 Å². The van der Waals surface area contributed by atoms with Gasteiger partial charge in [0.2, 0.25) is 5.91 Å². The lowest BCUT2D eigenvalue weighted by molar-refractivity contribution is -0.126. The molecule has 0 radical (unpaired) electrons. The van der Waals surface area contributed by atoms with Gasteiger partial charge in [-0.3, -0.25) is 9.48 Å². The van der Waals surface area contributed by atoms with E-state index in [9.17, 15) is 4.79 Å². The third-order valence-corrected chi connectivity index (χ3v) is 5.50. The van der Waals surface area contributed by atoms with Gasteiger partial charge >= 0.3 is 0 Å². The molecule has 2 aliphatic rings. The first-order valence-electron chi connectivity index (χ1n) is 8.88. The van der Waals surface area contributed by atoms with E-state index in [4.69, 9.17) is 5.73 Å². The molecular weight excluding hydrogens is 290 g/mol. The van der Waals surface area contributed by atoms with Gasteiger partial charge in [-0.05, 0) is 24.3 Å². The van der Waals surface area contributed by atoms with Crippen LogP contribution in [0.15, 0.2) is 12.4 Å². The van der Waals surface area contributed by atoms with Crippen molar-refractivity contribution in [2.24, 2.45) is 24.6 Å². The van der Waals surface area contributed by atoms with Gasteiger partial charge in [-0.2, -0.15) is 5.10 Å². The van der Waals surface area contributed by atoms with Gasteiger partial charge in [0.25, 0.3) is 0 Å². The standard InChI is InChI=1S/C17H29N5O/c1-22-11-13(8-20-22)14-9-19-10-15(14)17(23)21-16(7-18)12-5-3-2-4-6-12/h8,11-12,14-16,19H,2-7,9-10,18H2,1H3,(H,21,23)/t14-,15+,16?/m1/s1. The molecule has 0 aromatic carbocycles. The Morgan fingerprint density at radius 3 is 2.87 bits per heavy atom. The second kappa shape index (κ2) is 7.45. The molecule has 1 saturated carbocycles. The van der Waals surface area contributed by atoms with Crippen LogP contribution in [0.3, 0.4) is 0 Å². The van der Waals surface area contributed by atoms with Crippen molar-refractivity contribution in [2.45, 2.75) is 44.1 Å². The lowest BCUT2D eigenvalue weighted by Crippen LogP contribution is -2.48. The van der Waals surface area contributed by atoms with Crippen LogP contribution in [0.2, 0.25) is 0 Å². The molecule has 128 valence electrons. The van der Waals surface area contributed by atoms with E-state index < -0.39 is 0 Å². The molecule has 2 heterocycles. The van der Waals surface area contributed by atoms with Crippen molar-refractivity contribution in [3.05, 3.63) is 18.0 Å². The van der Waals surface area contributed by atoms with Crippen molar-refractivity contribution in [3.63, 3.8) is 0 Å². The van der Waals surface area contributed by atoms with Crippen molar-refractivity contribution in [1.29, 1.82) is 0 Å². The summed E-state index contributed by atoms with van der Waals surface area (Å²) < 4.78 is 1.80. The first-order chi connectivity index (χ1) is 11.2. The molecule has 6 nitrogen and oxygen atoms in total. The number of rotatable bonds is 5. The minimum Gasteiger partial charge on any atom is -0.352 e. The van der Waals surface area contributed by atoms with E-state index >= 15 is 0 Å². The zero-order valence-electron chi connectivity index (χ0n) is 14.0. The Labute approximate surface area is 138 Å². The van der Waals surface area contributed by atoms with Crippen LogP contribution < -0.4 is 16.4 Å². The molecule has 1 amide bonds. The summed E-state index contributed by atoms with van der Waals surface area (Å²) >= 11 is 0. The number of aryl methyl sites for hydroxylation is 1. The number of nitrogens with zero attached hydrogens (tertiary/aromatic N) is 2. The van der Waals surface area contributed by atoms with Crippen molar-refractivity contribution >= 4 is 5.91 Å². The fourth-order valence-corrected chi connectivity index (χ4v) is 4.13. The second-order valence-corrected chi connectivity index (χ2v) is 7.07. The molecule has 1 aliphatic carbocycles. The zero-order chi connectivity index (χ0) is 16.2. The summed E-state index contributed by atoms with van der Waals surface area (Å²) in [7, 11) is 1.91. The molecule has 23 heavy (non-hydrogen) atoms. The van der Waals surface area contributed by atoms with Crippen LogP contribution in [0.4, 0.5) is 0 Å². The normalized spacial score (nSPS) is 27.0. The maximum Gasteiger partial charge on any atom is 0.225 e. The fraction of sp³-hybridized carbons (Fsp3) is 0.765. The molecule has 4 N–H and O–H groups in total. The number of nitrogens with one attached hydrogen (secondary N) is 2. The number of nitrogens with two attached hydrogens (primary N) is 1. The minimum absolute atomic E-state index is 0.0307. The third kappa shape index (κ3) is 3.75. The van der Waals surface area contributed by atoms with Gasteiger partial charge in [0, 0.05) is 44.8 Å². The molecular formula is C17H29N5O. The van der Waals surface area contributed by atoms with E-state index in [1.54, 1.807) is 4.68 Å². The Hall–Kier alpha value is -1.40. The van der Waals surface area contributed by atoms with E-state index in [2.05, 4.69) is 15.7 Å². The highest BCUT2D eigenvalue weighted by molar-refractivity contribution is 5.80. The predicted molar refractivity (Wildman–Crippen MR) is 89.9 cm³/mol. The lowest BCUT2D eigenvalue weighted by atomic mass is 9.83. The number of carbonyl (C=O) groups excluding carboxylic acids is 1. The molecule has 2 fully saturated rings. The Morgan fingerprint density at radius 2 is 2.22 bits per heavy atom. The van der Waals surface area contributed by atoms with Crippen molar-refractivity contribution in [2.75, 3.05) is 19.6 Å². The predicted octanol–water partition coefficient (Wildman–Crippen LogP) is 0.747. The molecule has 1 unspecified atom stereocenters. The largest absolute Gasteiger partial charge is 0.352 e. The van der Waals surface area contributed by atoms with Crippen LogP contribution in [0, 0.1) is 11.8 Å². The summed E-state index contributed by atoms with van der Waals surface area (Å²) in [6.07, 6.45) is 10.1. The smallest absolute Gasteiger partial charge is 0.225 e. The van der Waals surface area contributed by atoms with Crippen LogP contribution in [-0.2, 0) is 11.8 Å². The molecule has 1 aromatic heterocycles. The van der Waals surface area contributed by atoms with Crippen LogP contribution in [0.25, 0.3) is 0 Å². The van der Waals surface area contributed by atoms with Crippen molar-refractivity contribution in [1.82, 2.24) is 20.4 Å². The van der Waals surface area contributed by atoms with Crippen molar-refractivity contribution < 1.29 is 4.79 Å². The molecule has 1 saturated heterocycles. The summed E-state index contributed by atoms with van der Waals surface area (Å²) in [5.74, 6) is 0.860. The van der Waals surface area contributed by atoms with E-state index in [0.717, 1.165) is 18.7 Å². The van der Waals surface area contributed by atoms with Gasteiger partial charge in [-0.15, -0.1) is 0 Å². The average Bonchev–Trinajstić information content (AvgIpc) is 3.21. The Kier molecular flexibility index (Phi) is 5.33. The molecule has 3 atom stereocenters. The fourth-order valence-electron chi connectivity index (χ4n) is 4.13. The third-order valence-electron chi connectivity index (χ3n) is 5.50. The zero-order valence-corrected chi connectivity index (χ0v) is 14.0. The molecule has 1 aliphatic heterocycles. The summed E-state index contributed by atoms with van der Waals surface area (Å²) in [6.45, 7) is 2.10. The molecule has 6 heteroatoms. The first kappa shape index (κ1) is 16.5. The number of hydrogen-bond acceptors (Lipinski definition) is 4. The average molecular weight is 319 g/mol. The van der Waals surface area contributed by atoms with Crippen LogP contribution >= 0.6 is 0 Å². The number of aromatic nitrogens is 2. The van der Waals surface area contributed by atoms with E-state index in [-0.39, 0.29) is 23.8 Å². The highest BCUT2D eigenvalue weighted by Crippen LogP contribution is 2.30. The van der Waals surface area contributed by atoms with Crippen LogP contribution in [-0.4, -0.2) is 41.4 Å². The monoisotopic (exact) mass is 319 g/mol. The first-order valence-corrected chi connectivity index (χ1v) is 8.88. The van der Waals surface area contributed by atoms with E-state index in [1.165, 1.54) is 32.1 Å². The molecule has 0 spiro atoms. The highest BCUT2D eigenvalue weighted by atomic mass is 16.2. The van der Waals surface area contributed by atoms with Crippen LogP contribution in [0.5, 0.6) is 0 Å². The summed E-state index contributed by atoms with van der Waals surface area (Å²) in [4.78, 5) is 12.8. The van der Waals surface area contributed by atoms with E-state index in [0.29, 0.717) is 12.5 Å². The quantitative estimate of drug-likeness (QED) is 0.747. The lowest BCUT2D eigenvalue weighted by Gasteiger charge is -2.31. The Bertz CT molecular complexity index is 523. The van der Waals surface area contributed by atoms with Crippen molar-refractivity contribution in [3.8, 4) is 0 Å². The van der Waals surface area contributed by atoms with Crippen LogP contribution in [0.1, 0.15) is 43.6 Å². The molecule has 1 aromatic rings. The van der Waals surface area contributed by atoms with Gasteiger partial charge in [-0.25, -0.2) is 0 Å². The number of hydrogen-bond donors (Lipinski definition) is 3. The SMILES string of the molecule is Cn1cc([C@H]2CNC[C@@H]2C(=O)NC(CN)C2CCCCC2)cn1. The summed E-state index contributed by atoms with van der Waals surface area (Å²) in [5.41, 5.74) is 7.09.